The van der Waals surface area contributed by atoms with Gasteiger partial charge in [0.2, 0.25) is 11.8 Å². The van der Waals surface area contributed by atoms with Crippen molar-refractivity contribution in [2.75, 3.05) is 32.5 Å². The SMILES string of the molecule is CS(=O)(=O)c1ccc(CC(=O)N2CCC3(CNC(=O)CO3)C2)cc1. The topological polar surface area (TPSA) is 92.8 Å². The molecule has 0 saturated carbocycles. The Hall–Kier alpha value is -1.93. The van der Waals surface area contributed by atoms with Crippen LogP contribution in [-0.2, 0) is 30.6 Å². The first kappa shape index (κ1) is 16.9. The van der Waals surface area contributed by atoms with E-state index in [1.54, 1.807) is 17.0 Å². The first-order valence-electron chi connectivity index (χ1n) is 7.75. The third-order valence-corrected chi connectivity index (χ3v) is 5.62. The monoisotopic (exact) mass is 352 g/mol. The van der Waals surface area contributed by atoms with Crippen LogP contribution >= 0.6 is 0 Å². The van der Waals surface area contributed by atoms with E-state index in [1.807, 2.05) is 0 Å². The zero-order valence-electron chi connectivity index (χ0n) is 13.4. The minimum atomic E-state index is -3.23. The van der Waals surface area contributed by atoms with Crippen LogP contribution in [0.1, 0.15) is 12.0 Å². The van der Waals surface area contributed by atoms with Crippen molar-refractivity contribution in [1.82, 2.24) is 10.2 Å². The Morgan fingerprint density at radius 3 is 2.62 bits per heavy atom. The van der Waals surface area contributed by atoms with Crippen LogP contribution in [0.15, 0.2) is 29.2 Å². The third kappa shape index (κ3) is 3.59. The average molecular weight is 352 g/mol. The van der Waals surface area contributed by atoms with Crippen molar-refractivity contribution in [3.05, 3.63) is 29.8 Å². The zero-order chi connectivity index (χ0) is 17.4. The van der Waals surface area contributed by atoms with Crippen LogP contribution < -0.4 is 5.32 Å². The molecule has 3 rings (SSSR count). The summed E-state index contributed by atoms with van der Waals surface area (Å²) in [6.45, 7) is 1.53. The molecule has 24 heavy (non-hydrogen) atoms. The summed E-state index contributed by atoms with van der Waals surface area (Å²) in [5.74, 6) is -0.157. The molecule has 1 aromatic rings. The van der Waals surface area contributed by atoms with Gasteiger partial charge in [0.1, 0.15) is 12.2 Å². The molecule has 2 aliphatic rings. The fraction of sp³-hybridized carbons (Fsp3) is 0.500. The summed E-state index contributed by atoms with van der Waals surface area (Å²) in [5.41, 5.74) is 0.301. The number of ether oxygens (including phenoxy) is 1. The lowest BCUT2D eigenvalue weighted by Gasteiger charge is -2.33. The highest BCUT2D eigenvalue weighted by Crippen LogP contribution is 2.27. The van der Waals surface area contributed by atoms with Crippen molar-refractivity contribution in [1.29, 1.82) is 0 Å². The van der Waals surface area contributed by atoms with E-state index < -0.39 is 15.4 Å². The van der Waals surface area contributed by atoms with Crippen molar-refractivity contribution in [3.8, 4) is 0 Å². The molecule has 2 saturated heterocycles. The highest BCUT2D eigenvalue weighted by molar-refractivity contribution is 7.90. The number of benzene rings is 1. The van der Waals surface area contributed by atoms with E-state index in [2.05, 4.69) is 5.32 Å². The van der Waals surface area contributed by atoms with Gasteiger partial charge in [0.25, 0.3) is 0 Å². The van der Waals surface area contributed by atoms with E-state index in [9.17, 15) is 18.0 Å². The molecule has 1 unspecified atom stereocenters. The number of likely N-dealkylation sites (tertiary alicyclic amines) is 1. The van der Waals surface area contributed by atoms with E-state index in [4.69, 9.17) is 4.74 Å². The lowest BCUT2D eigenvalue weighted by atomic mass is 10.0. The van der Waals surface area contributed by atoms with Gasteiger partial charge in [-0.3, -0.25) is 9.59 Å². The van der Waals surface area contributed by atoms with Gasteiger partial charge in [-0.15, -0.1) is 0 Å². The average Bonchev–Trinajstić information content (AvgIpc) is 2.95. The minimum Gasteiger partial charge on any atom is -0.361 e. The maximum atomic E-state index is 12.5. The summed E-state index contributed by atoms with van der Waals surface area (Å²) in [4.78, 5) is 25.6. The number of amides is 2. The van der Waals surface area contributed by atoms with E-state index >= 15 is 0 Å². The van der Waals surface area contributed by atoms with Crippen molar-refractivity contribution in [3.63, 3.8) is 0 Å². The minimum absolute atomic E-state index is 0.0283. The number of hydrogen-bond acceptors (Lipinski definition) is 5. The van der Waals surface area contributed by atoms with Gasteiger partial charge < -0.3 is 15.0 Å². The van der Waals surface area contributed by atoms with Crippen molar-refractivity contribution in [2.24, 2.45) is 0 Å². The Kier molecular flexibility index (Phi) is 4.35. The maximum Gasteiger partial charge on any atom is 0.246 e. The number of carbonyl (C=O) groups excluding carboxylic acids is 2. The molecule has 0 aromatic heterocycles. The summed E-state index contributed by atoms with van der Waals surface area (Å²) in [6.07, 6.45) is 2.07. The molecule has 130 valence electrons. The number of hydrogen-bond donors (Lipinski definition) is 1. The molecular formula is C16H20N2O5S. The van der Waals surface area contributed by atoms with Gasteiger partial charge in [-0.05, 0) is 24.1 Å². The van der Waals surface area contributed by atoms with Crippen LogP contribution in [0, 0.1) is 0 Å². The Balaban J connectivity index is 1.61. The highest BCUT2D eigenvalue weighted by atomic mass is 32.2. The molecule has 1 N–H and O–H groups in total. The summed E-state index contributed by atoms with van der Waals surface area (Å²) in [5, 5.41) is 2.79. The molecule has 1 atom stereocenters. The second-order valence-corrected chi connectivity index (χ2v) is 8.42. The maximum absolute atomic E-state index is 12.5. The van der Waals surface area contributed by atoms with Crippen LogP contribution in [0.5, 0.6) is 0 Å². The van der Waals surface area contributed by atoms with E-state index in [0.29, 0.717) is 26.1 Å². The molecule has 0 radical (unpaired) electrons. The van der Waals surface area contributed by atoms with Crippen LogP contribution in [-0.4, -0.2) is 63.2 Å². The summed E-state index contributed by atoms with van der Waals surface area (Å²) in [6, 6.07) is 6.36. The Bertz CT molecular complexity index is 747. The van der Waals surface area contributed by atoms with Crippen LogP contribution in [0.3, 0.4) is 0 Å². The number of rotatable bonds is 3. The summed E-state index contributed by atoms with van der Waals surface area (Å²) in [7, 11) is -3.23. The molecular weight excluding hydrogens is 332 g/mol. The first-order valence-corrected chi connectivity index (χ1v) is 9.64. The molecule has 1 spiro atoms. The number of nitrogens with one attached hydrogen (secondary N) is 1. The second-order valence-electron chi connectivity index (χ2n) is 6.41. The van der Waals surface area contributed by atoms with Gasteiger partial charge in [-0.25, -0.2) is 8.42 Å². The first-order chi connectivity index (χ1) is 11.3. The predicted octanol–water partition coefficient (Wildman–Crippen LogP) is -0.250. The summed E-state index contributed by atoms with van der Waals surface area (Å²) >= 11 is 0. The number of nitrogens with zero attached hydrogens (tertiary/aromatic N) is 1. The molecule has 2 aliphatic heterocycles. The zero-order valence-corrected chi connectivity index (χ0v) is 14.3. The van der Waals surface area contributed by atoms with E-state index in [1.165, 1.54) is 12.1 Å². The van der Waals surface area contributed by atoms with Gasteiger partial charge in [-0.1, -0.05) is 12.1 Å². The van der Waals surface area contributed by atoms with Crippen molar-refractivity contribution < 1.29 is 22.7 Å². The fourth-order valence-electron chi connectivity index (χ4n) is 3.04. The molecule has 8 heteroatoms. The third-order valence-electron chi connectivity index (χ3n) is 4.49. The molecule has 2 amide bonds. The number of sulfone groups is 1. The van der Waals surface area contributed by atoms with Crippen LogP contribution in [0.4, 0.5) is 0 Å². The molecule has 7 nitrogen and oxygen atoms in total. The molecule has 0 aliphatic carbocycles. The Labute approximate surface area is 140 Å². The highest BCUT2D eigenvalue weighted by Gasteiger charge is 2.43. The predicted molar refractivity (Wildman–Crippen MR) is 86.1 cm³/mol. The normalized spacial score (nSPS) is 24.2. The van der Waals surface area contributed by atoms with Gasteiger partial charge in [0.15, 0.2) is 9.84 Å². The van der Waals surface area contributed by atoms with Gasteiger partial charge in [0, 0.05) is 19.3 Å². The fourth-order valence-corrected chi connectivity index (χ4v) is 3.67. The lowest BCUT2D eigenvalue weighted by Crippen LogP contribution is -2.54. The van der Waals surface area contributed by atoms with Crippen molar-refractivity contribution >= 4 is 21.7 Å². The molecule has 2 fully saturated rings. The molecule has 2 heterocycles. The number of carbonyl (C=O) groups is 2. The summed E-state index contributed by atoms with van der Waals surface area (Å²) < 4.78 is 28.6. The smallest absolute Gasteiger partial charge is 0.246 e. The molecule has 1 aromatic carbocycles. The Morgan fingerprint density at radius 1 is 1.33 bits per heavy atom. The van der Waals surface area contributed by atoms with E-state index in [0.717, 1.165) is 11.8 Å². The molecule has 0 bridgehead atoms. The second kappa shape index (κ2) is 6.18. The van der Waals surface area contributed by atoms with Gasteiger partial charge in [0.05, 0.1) is 17.9 Å². The lowest BCUT2D eigenvalue weighted by molar-refractivity contribution is -0.143. The van der Waals surface area contributed by atoms with Gasteiger partial charge >= 0.3 is 0 Å². The van der Waals surface area contributed by atoms with E-state index in [-0.39, 0.29) is 29.7 Å². The van der Waals surface area contributed by atoms with Crippen LogP contribution in [0.25, 0.3) is 0 Å². The largest absolute Gasteiger partial charge is 0.361 e. The van der Waals surface area contributed by atoms with Gasteiger partial charge in [-0.2, -0.15) is 0 Å². The number of morpholine rings is 1. The standard InChI is InChI=1S/C16H20N2O5S/c1-24(21,22)13-4-2-12(3-5-13)8-15(20)18-7-6-16(11-18)10-17-14(19)9-23-16/h2-5H,6-11H2,1H3,(H,17,19). The van der Waals surface area contributed by atoms with Crippen molar-refractivity contribution in [2.45, 2.75) is 23.3 Å². The quantitative estimate of drug-likeness (QED) is 0.810. The Morgan fingerprint density at radius 2 is 2.04 bits per heavy atom. The van der Waals surface area contributed by atoms with Crippen LogP contribution in [0.2, 0.25) is 0 Å².